The van der Waals surface area contributed by atoms with Gasteiger partial charge in [0.25, 0.3) is 11.8 Å². The number of ether oxygens (including phenoxy) is 3. The van der Waals surface area contributed by atoms with Gasteiger partial charge in [0, 0.05) is 18.2 Å². The van der Waals surface area contributed by atoms with Crippen molar-refractivity contribution in [1.82, 2.24) is 10.6 Å². The zero-order valence-corrected chi connectivity index (χ0v) is 19.4. The third-order valence-corrected chi connectivity index (χ3v) is 5.32. The van der Waals surface area contributed by atoms with Crippen molar-refractivity contribution in [2.75, 3.05) is 27.4 Å². The van der Waals surface area contributed by atoms with Crippen LogP contribution in [0.4, 0.5) is 0 Å². The number of hydrogen-bond donors (Lipinski definition) is 2. The van der Waals surface area contributed by atoms with E-state index in [1.807, 2.05) is 0 Å². The van der Waals surface area contributed by atoms with Gasteiger partial charge in [0.2, 0.25) is 0 Å². The fraction of sp³-hybridized carbons (Fsp3) is 0.542. The fourth-order valence-electron chi connectivity index (χ4n) is 3.43. The average molecular weight is 447 g/mol. The van der Waals surface area contributed by atoms with Crippen molar-refractivity contribution >= 4 is 17.8 Å². The van der Waals surface area contributed by atoms with E-state index in [1.165, 1.54) is 32.6 Å². The van der Waals surface area contributed by atoms with Crippen LogP contribution in [-0.2, 0) is 14.3 Å². The molecule has 1 atom stereocenters. The number of amides is 2. The van der Waals surface area contributed by atoms with Crippen LogP contribution in [0.2, 0.25) is 0 Å². The number of methoxy groups -OCH3 is 2. The van der Waals surface area contributed by atoms with Crippen molar-refractivity contribution in [1.29, 1.82) is 0 Å². The molecule has 1 aromatic carbocycles. The highest BCUT2D eigenvalue weighted by Gasteiger charge is 2.27. The van der Waals surface area contributed by atoms with Gasteiger partial charge in [-0.15, -0.1) is 0 Å². The molecule has 32 heavy (non-hydrogen) atoms. The molecule has 1 aromatic rings. The lowest BCUT2D eigenvalue weighted by molar-refractivity contribution is -0.151. The lowest BCUT2D eigenvalue weighted by Crippen LogP contribution is -2.46. The van der Waals surface area contributed by atoms with Crippen LogP contribution in [-0.4, -0.2) is 51.2 Å². The van der Waals surface area contributed by atoms with Gasteiger partial charge in [-0.25, -0.2) is 4.79 Å². The highest BCUT2D eigenvalue weighted by atomic mass is 16.5. The lowest BCUT2D eigenvalue weighted by Gasteiger charge is -2.21. The van der Waals surface area contributed by atoms with Gasteiger partial charge in [-0.05, 0) is 50.2 Å². The van der Waals surface area contributed by atoms with Crippen LogP contribution >= 0.6 is 0 Å². The van der Waals surface area contributed by atoms with Crippen LogP contribution in [0.15, 0.2) is 29.8 Å². The van der Waals surface area contributed by atoms with E-state index >= 15 is 0 Å². The Morgan fingerprint density at radius 3 is 2.28 bits per heavy atom. The largest absolute Gasteiger partial charge is 0.497 e. The minimum atomic E-state index is -0.903. The SMILES string of the molecule is COc1cc(OC)cc(C(=O)N[C@H](C(=O)OCC(=O)NCCC2=CCCCC2)C(C)C)c1. The Labute approximate surface area is 189 Å². The summed E-state index contributed by atoms with van der Waals surface area (Å²) in [4.78, 5) is 37.3. The summed E-state index contributed by atoms with van der Waals surface area (Å²) >= 11 is 0. The fourth-order valence-corrected chi connectivity index (χ4v) is 3.43. The summed E-state index contributed by atoms with van der Waals surface area (Å²) in [7, 11) is 2.98. The number of rotatable bonds is 11. The Morgan fingerprint density at radius 1 is 1.03 bits per heavy atom. The molecule has 0 heterocycles. The molecule has 0 radical (unpaired) electrons. The maximum absolute atomic E-state index is 12.7. The molecule has 0 saturated carbocycles. The number of carbonyl (C=O) groups is 3. The van der Waals surface area contributed by atoms with E-state index in [4.69, 9.17) is 14.2 Å². The van der Waals surface area contributed by atoms with Gasteiger partial charge in [-0.2, -0.15) is 0 Å². The molecule has 176 valence electrons. The zero-order chi connectivity index (χ0) is 23.5. The number of hydrogen-bond acceptors (Lipinski definition) is 6. The highest BCUT2D eigenvalue weighted by molar-refractivity contribution is 5.97. The molecule has 1 aliphatic rings. The predicted octanol–water partition coefficient (Wildman–Crippen LogP) is 3.01. The van der Waals surface area contributed by atoms with E-state index in [9.17, 15) is 14.4 Å². The molecule has 2 amide bonds. The van der Waals surface area contributed by atoms with E-state index < -0.39 is 17.9 Å². The minimum Gasteiger partial charge on any atom is -0.497 e. The van der Waals surface area contributed by atoms with Crippen molar-refractivity contribution in [3.05, 3.63) is 35.4 Å². The van der Waals surface area contributed by atoms with Crippen LogP contribution in [0.3, 0.4) is 0 Å². The second kappa shape index (κ2) is 12.7. The van der Waals surface area contributed by atoms with E-state index in [2.05, 4.69) is 16.7 Å². The first-order chi connectivity index (χ1) is 15.3. The van der Waals surface area contributed by atoms with E-state index in [-0.39, 0.29) is 24.0 Å². The molecule has 0 aliphatic heterocycles. The molecule has 0 fully saturated rings. The number of nitrogens with one attached hydrogen (secondary N) is 2. The van der Waals surface area contributed by atoms with Crippen LogP contribution in [0.25, 0.3) is 0 Å². The van der Waals surface area contributed by atoms with Gasteiger partial charge in [-0.1, -0.05) is 25.5 Å². The minimum absolute atomic E-state index is 0.236. The van der Waals surface area contributed by atoms with Crippen molar-refractivity contribution in [2.24, 2.45) is 5.92 Å². The standard InChI is InChI=1S/C24H34N2O6/c1-16(2)22(26-23(28)18-12-19(30-3)14-20(13-18)31-4)24(29)32-15-21(27)25-11-10-17-8-6-5-7-9-17/h8,12-14,16,22H,5-7,9-11,15H2,1-4H3,(H,25,27)(H,26,28)/t22-/m0/s1. The molecule has 1 aliphatic carbocycles. The third-order valence-electron chi connectivity index (χ3n) is 5.32. The van der Waals surface area contributed by atoms with E-state index in [0.717, 1.165) is 19.3 Å². The second-order valence-corrected chi connectivity index (χ2v) is 8.11. The average Bonchev–Trinajstić information content (AvgIpc) is 2.80. The van der Waals surface area contributed by atoms with Gasteiger partial charge in [0.05, 0.1) is 14.2 Å². The Balaban J connectivity index is 1.87. The first kappa shape index (κ1) is 25.2. The summed E-state index contributed by atoms with van der Waals surface area (Å²) in [6.07, 6.45) is 7.66. The number of carbonyl (C=O) groups excluding carboxylic acids is 3. The van der Waals surface area contributed by atoms with Gasteiger partial charge in [-0.3, -0.25) is 9.59 Å². The third kappa shape index (κ3) is 7.90. The molecule has 2 N–H and O–H groups in total. The molecule has 8 heteroatoms. The van der Waals surface area contributed by atoms with Gasteiger partial charge in [0.15, 0.2) is 6.61 Å². The van der Waals surface area contributed by atoms with E-state index in [1.54, 1.807) is 32.0 Å². The number of allylic oxidation sites excluding steroid dienone is 1. The Hall–Kier alpha value is -3.03. The molecule has 0 unspecified atom stereocenters. The maximum Gasteiger partial charge on any atom is 0.329 e. The highest BCUT2D eigenvalue weighted by Crippen LogP contribution is 2.23. The molecule has 0 aromatic heterocycles. The Morgan fingerprint density at radius 2 is 1.72 bits per heavy atom. The summed E-state index contributed by atoms with van der Waals surface area (Å²) in [5, 5.41) is 5.45. The summed E-state index contributed by atoms with van der Waals surface area (Å²) in [5.41, 5.74) is 1.65. The van der Waals surface area contributed by atoms with Crippen LogP contribution in [0.1, 0.15) is 56.3 Å². The van der Waals surface area contributed by atoms with Gasteiger partial charge < -0.3 is 24.8 Å². The van der Waals surface area contributed by atoms with Gasteiger partial charge >= 0.3 is 5.97 Å². The molecule has 0 spiro atoms. The van der Waals surface area contributed by atoms with Crippen molar-refractivity contribution in [3.63, 3.8) is 0 Å². The maximum atomic E-state index is 12.7. The van der Waals surface area contributed by atoms with E-state index in [0.29, 0.717) is 18.0 Å². The molecule has 0 saturated heterocycles. The molecular formula is C24H34N2O6. The molecular weight excluding hydrogens is 412 g/mol. The number of esters is 1. The molecule has 0 bridgehead atoms. The number of benzene rings is 1. The summed E-state index contributed by atoms with van der Waals surface area (Å²) < 4.78 is 15.5. The monoisotopic (exact) mass is 446 g/mol. The van der Waals surface area contributed by atoms with Gasteiger partial charge in [0.1, 0.15) is 17.5 Å². The second-order valence-electron chi connectivity index (χ2n) is 8.11. The van der Waals surface area contributed by atoms with Crippen molar-refractivity contribution in [2.45, 2.75) is 52.0 Å². The Kier molecular flexibility index (Phi) is 10.0. The molecule has 2 rings (SSSR count). The zero-order valence-electron chi connectivity index (χ0n) is 19.4. The lowest BCUT2D eigenvalue weighted by atomic mass is 9.97. The van der Waals surface area contributed by atoms with Crippen molar-refractivity contribution < 1.29 is 28.6 Å². The van der Waals surface area contributed by atoms with Crippen LogP contribution in [0.5, 0.6) is 11.5 Å². The van der Waals surface area contributed by atoms with Crippen molar-refractivity contribution in [3.8, 4) is 11.5 Å². The topological polar surface area (TPSA) is 103 Å². The smallest absolute Gasteiger partial charge is 0.329 e. The van der Waals surface area contributed by atoms with Crippen LogP contribution < -0.4 is 20.1 Å². The quantitative estimate of drug-likeness (QED) is 0.400. The summed E-state index contributed by atoms with van der Waals surface area (Å²) in [6, 6.07) is 3.85. The summed E-state index contributed by atoms with van der Waals surface area (Å²) in [6.45, 7) is 3.71. The summed E-state index contributed by atoms with van der Waals surface area (Å²) in [5.74, 6) is -0.810. The first-order valence-electron chi connectivity index (χ1n) is 11.0. The Bertz CT molecular complexity index is 812. The normalized spacial score (nSPS) is 14.2. The van der Waals surface area contributed by atoms with Crippen LogP contribution in [0, 0.1) is 5.92 Å². The first-order valence-corrected chi connectivity index (χ1v) is 11.0. The predicted molar refractivity (Wildman–Crippen MR) is 121 cm³/mol. The molecule has 8 nitrogen and oxygen atoms in total.